The zero-order valence-corrected chi connectivity index (χ0v) is 16.1. The third-order valence-corrected chi connectivity index (χ3v) is 3.71. The highest BCUT2D eigenvalue weighted by atomic mass is 16.7. The molecule has 0 bridgehead atoms. The largest absolute Gasteiger partial charge is 0.493 e. The lowest BCUT2D eigenvalue weighted by Gasteiger charge is -2.16. The first-order chi connectivity index (χ1) is 13.1. The number of hydrogen-bond donors (Lipinski definition) is 1. The predicted octanol–water partition coefficient (Wildman–Crippen LogP) is 1.62. The van der Waals surface area contributed by atoms with E-state index in [-0.39, 0.29) is 11.6 Å². The molecule has 0 unspecified atom stereocenters. The number of carbonyl (C=O) groups is 1. The van der Waals surface area contributed by atoms with Crippen LogP contribution in [0.5, 0.6) is 11.5 Å². The van der Waals surface area contributed by atoms with E-state index in [4.69, 9.17) is 18.9 Å². The molecule has 2 aromatic rings. The van der Waals surface area contributed by atoms with E-state index in [1.54, 1.807) is 26.5 Å². The average molecular weight is 378 g/mol. The fourth-order valence-corrected chi connectivity index (χ4v) is 2.43. The van der Waals surface area contributed by atoms with Crippen molar-refractivity contribution in [3.8, 4) is 11.5 Å². The van der Waals surface area contributed by atoms with Crippen LogP contribution >= 0.6 is 0 Å². The van der Waals surface area contributed by atoms with Crippen molar-refractivity contribution >= 4 is 5.91 Å². The number of aromatic nitrogens is 3. The lowest BCUT2D eigenvalue weighted by atomic mass is 10.2. The lowest BCUT2D eigenvalue weighted by molar-refractivity contribution is -0.145. The molecule has 0 atom stereocenters. The maximum Gasteiger partial charge on any atom is 0.273 e. The van der Waals surface area contributed by atoms with Crippen LogP contribution in [0.3, 0.4) is 0 Å². The normalized spacial score (nSPS) is 10.9. The quantitative estimate of drug-likeness (QED) is 0.594. The van der Waals surface area contributed by atoms with Crippen molar-refractivity contribution < 1.29 is 23.7 Å². The molecule has 1 aromatic heterocycles. The second kappa shape index (κ2) is 10.5. The van der Waals surface area contributed by atoms with Crippen molar-refractivity contribution in [1.29, 1.82) is 0 Å². The van der Waals surface area contributed by atoms with E-state index in [2.05, 4.69) is 15.6 Å². The zero-order chi connectivity index (χ0) is 19.6. The van der Waals surface area contributed by atoms with E-state index in [0.29, 0.717) is 37.8 Å². The molecule has 0 aliphatic carbocycles. The Bertz CT molecular complexity index is 728. The molecule has 2 rings (SSSR count). The minimum Gasteiger partial charge on any atom is -0.493 e. The first kappa shape index (κ1) is 20.7. The van der Waals surface area contributed by atoms with Crippen molar-refractivity contribution in [3.63, 3.8) is 0 Å². The van der Waals surface area contributed by atoms with Crippen LogP contribution in [0.1, 0.15) is 29.9 Å². The zero-order valence-electron chi connectivity index (χ0n) is 16.1. The number of benzene rings is 1. The highest BCUT2D eigenvalue weighted by Gasteiger charge is 2.14. The van der Waals surface area contributed by atoms with Gasteiger partial charge in [0.1, 0.15) is 0 Å². The number of ether oxygens (including phenoxy) is 4. The molecule has 0 fully saturated rings. The number of methoxy groups -OCH3 is 2. The molecule has 1 aromatic carbocycles. The standard InChI is InChI=1S/C18H26N4O5/c1-5-26-17(27-6-2)12-22-11-14(20-21-22)18(23)19-10-13-7-8-15(24-3)16(9-13)25-4/h7-9,11,17H,5-6,10,12H2,1-4H3,(H,19,23). The molecular formula is C18H26N4O5. The molecule has 1 heterocycles. The van der Waals surface area contributed by atoms with E-state index in [9.17, 15) is 4.79 Å². The van der Waals surface area contributed by atoms with Gasteiger partial charge in [-0.25, -0.2) is 4.68 Å². The Balaban J connectivity index is 1.94. The molecule has 148 valence electrons. The molecule has 1 amide bonds. The average Bonchev–Trinajstić information content (AvgIpc) is 3.14. The summed E-state index contributed by atoms with van der Waals surface area (Å²) in [7, 11) is 3.14. The third kappa shape index (κ3) is 5.93. The Kier molecular flexibility index (Phi) is 8.02. The van der Waals surface area contributed by atoms with E-state index >= 15 is 0 Å². The molecule has 0 radical (unpaired) electrons. The molecular weight excluding hydrogens is 352 g/mol. The van der Waals surface area contributed by atoms with Crippen LogP contribution in [0.4, 0.5) is 0 Å². The smallest absolute Gasteiger partial charge is 0.273 e. The number of nitrogens with one attached hydrogen (secondary N) is 1. The lowest BCUT2D eigenvalue weighted by Crippen LogP contribution is -2.24. The fraction of sp³-hybridized carbons (Fsp3) is 0.500. The highest BCUT2D eigenvalue weighted by Crippen LogP contribution is 2.27. The molecule has 0 saturated heterocycles. The van der Waals surface area contributed by atoms with Crippen LogP contribution in [0.2, 0.25) is 0 Å². The predicted molar refractivity (Wildman–Crippen MR) is 97.8 cm³/mol. The summed E-state index contributed by atoms with van der Waals surface area (Å²) in [6.45, 7) is 5.51. The first-order valence-corrected chi connectivity index (χ1v) is 8.73. The molecule has 0 aliphatic rings. The second-order valence-electron chi connectivity index (χ2n) is 5.54. The third-order valence-electron chi connectivity index (χ3n) is 3.71. The summed E-state index contributed by atoms with van der Waals surface area (Å²) in [6, 6.07) is 5.45. The van der Waals surface area contributed by atoms with Gasteiger partial charge in [-0.3, -0.25) is 4.79 Å². The first-order valence-electron chi connectivity index (χ1n) is 8.73. The SMILES string of the molecule is CCOC(Cn1cc(C(=O)NCc2ccc(OC)c(OC)c2)nn1)OCC. The summed E-state index contributed by atoms with van der Waals surface area (Å²) in [4.78, 5) is 12.3. The van der Waals surface area contributed by atoms with Crippen molar-refractivity contribution in [2.24, 2.45) is 0 Å². The molecule has 9 heteroatoms. The van der Waals surface area contributed by atoms with Crippen LogP contribution in [0.25, 0.3) is 0 Å². The number of hydrogen-bond acceptors (Lipinski definition) is 7. The number of carbonyl (C=O) groups excluding carboxylic acids is 1. The van der Waals surface area contributed by atoms with Crippen LogP contribution in [-0.4, -0.2) is 54.6 Å². The summed E-state index contributed by atoms with van der Waals surface area (Å²) in [5.41, 5.74) is 1.10. The minimum atomic E-state index is -0.427. The van der Waals surface area contributed by atoms with Crippen LogP contribution in [0.15, 0.2) is 24.4 Å². The van der Waals surface area contributed by atoms with E-state index in [0.717, 1.165) is 5.56 Å². The van der Waals surface area contributed by atoms with Gasteiger partial charge in [-0.1, -0.05) is 11.3 Å². The maximum atomic E-state index is 12.3. The van der Waals surface area contributed by atoms with Crippen LogP contribution < -0.4 is 14.8 Å². The molecule has 0 spiro atoms. The van der Waals surface area contributed by atoms with Gasteiger partial charge in [0.15, 0.2) is 23.5 Å². The summed E-state index contributed by atoms with van der Waals surface area (Å²) >= 11 is 0. The second-order valence-corrected chi connectivity index (χ2v) is 5.54. The maximum absolute atomic E-state index is 12.3. The number of amides is 1. The van der Waals surface area contributed by atoms with E-state index in [1.807, 2.05) is 26.0 Å². The van der Waals surface area contributed by atoms with Crippen molar-refractivity contribution in [1.82, 2.24) is 20.3 Å². The summed E-state index contributed by atoms with van der Waals surface area (Å²) in [5, 5.41) is 10.7. The molecule has 27 heavy (non-hydrogen) atoms. The topological polar surface area (TPSA) is 96.7 Å². The van der Waals surface area contributed by atoms with Gasteiger partial charge in [-0.05, 0) is 31.5 Å². The van der Waals surface area contributed by atoms with Gasteiger partial charge in [0.25, 0.3) is 5.91 Å². The Hall–Kier alpha value is -2.65. The van der Waals surface area contributed by atoms with Crippen molar-refractivity contribution in [3.05, 3.63) is 35.7 Å². The van der Waals surface area contributed by atoms with Gasteiger partial charge in [0, 0.05) is 19.8 Å². The highest BCUT2D eigenvalue weighted by molar-refractivity contribution is 5.91. The Labute approximate surface area is 158 Å². The van der Waals surface area contributed by atoms with Gasteiger partial charge < -0.3 is 24.3 Å². The van der Waals surface area contributed by atoms with Gasteiger partial charge in [-0.2, -0.15) is 0 Å². The van der Waals surface area contributed by atoms with Crippen molar-refractivity contribution in [2.75, 3.05) is 27.4 Å². The Morgan fingerprint density at radius 3 is 2.48 bits per heavy atom. The Morgan fingerprint density at radius 2 is 1.85 bits per heavy atom. The van der Waals surface area contributed by atoms with Crippen LogP contribution in [-0.2, 0) is 22.6 Å². The summed E-state index contributed by atoms with van der Waals surface area (Å²) < 4.78 is 22.9. The van der Waals surface area contributed by atoms with Gasteiger partial charge in [0.2, 0.25) is 0 Å². The monoisotopic (exact) mass is 378 g/mol. The van der Waals surface area contributed by atoms with Crippen LogP contribution in [0, 0.1) is 0 Å². The summed E-state index contributed by atoms with van der Waals surface area (Å²) in [6.07, 6.45) is 1.14. The molecule has 0 aliphatic heterocycles. The summed E-state index contributed by atoms with van der Waals surface area (Å²) in [5.74, 6) is 0.919. The number of rotatable bonds is 11. The van der Waals surface area contributed by atoms with Crippen molar-refractivity contribution in [2.45, 2.75) is 33.2 Å². The molecule has 0 saturated carbocycles. The van der Waals surface area contributed by atoms with Gasteiger partial charge in [-0.15, -0.1) is 5.10 Å². The van der Waals surface area contributed by atoms with E-state index < -0.39 is 6.29 Å². The molecule has 9 nitrogen and oxygen atoms in total. The van der Waals surface area contributed by atoms with E-state index in [1.165, 1.54) is 4.68 Å². The molecule has 1 N–H and O–H groups in total. The minimum absolute atomic E-state index is 0.224. The van der Waals surface area contributed by atoms with Gasteiger partial charge in [0.05, 0.1) is 27.0 Å². The number of nitrogens with zero attached hydrogens (tertiary/aromatic N) is 3. The fourth-order valence-electron chi connectivity index (χ4n) is 2.43. The van der Waals surface area contributed by atoms with Gasteiger partial charge >= 0.3 is 0 Å². The Morgan fingerprint density at radius 1 is 1.15 bits per heavy atom.